The van der Waals surface area contributed by atoms with E-state index in [0.29, 0.717) is 19.5 Å². The lowest BCUT2D eigenvalue weighted by Crippen LogP contribution is -2.44. The maximum Gasteiger partial charge on any atom is 0.308 e. The topological polar surface area (TPSA) is 60.9 Å². The summed E-state index contributed by atoms with van der Waals surface area (Å²) in [6, 6.07) is 10.1. The second-order valence-electron chi connectivity index (χ2n) is 6.22. The van der Waals surface area contributed by atoms with Crippen LogP contribution in [-0.4, -0.2) is 52.5 Å². The van der Waals surface area contributed by atoms with Crippen molar-refractivity contribution in [1.29, 1.82) is 0 Å². The van der Waals surface area contributed by atoms with Crippen molar-refractivity contribution in [1.82, 2.24) is 9.80 Å². The molecule has 2 atom stereocenters. The summed E-state index contributed by atoms with van der Waals surface area (Å²) in [5.74, 6) is -1.08. The van der Waals surface area contributed by atoms with Crippen LogP contribution in [-0.2, 0) is 16.1 Å². The van der Waals surface area contributed by atoms with E-state index < -0.39 is 11.9 Å². The molecule has 5 heteroatoms. The molecular weight excluding hydrogens is 280 g/mol. The van der Waals surface area contributed by atoms with Crippen molar-refractivity contribution < 1.29 is 14.7 Å². The van der Waals surface area contributed by atoms with Gasteiger partial charge in [-0.05, 0) is 31.4 Å². The van der Waals surface area contributed by atoms with Gasteiger partial charge in [-0.3, -0.25) is 14.5 Å². The highest BCUT2D eigenvalue weighted by Crippen LogP contribution is 2.25. The summed E-state index contributed by atoms with van der Waals surface area (Å²) >= 11 is 0. The Labute approximate surface area is 130 Å². The first-order chi connectivity index (χ1) is 10.6. The summed E-state index contributed by atoms with van der Waals surface area (Å²) in [6.07, 6.45) is 2.48. The maximum absolute atomic E-state index is 12.7. The van der Waals surface area contributed by atoms with Gasteiger partial charge in [0.1, 0.15) is 0 Å². The highest BCUT2D eigenvalue weighted by Gasteiger charge is 2.38. The first-order valence-electron chi connectivity index (χ1n) is 7.94. The van der Waals surface area contributed by atoms with Crippen LogP contribution in [0.1, 0.15) is 24.8 Å². The molecule has 2 aliphatic heterocycles. The van der Waals surface area contributed by atoms with E-state index in [1.165, 1.54) is 5.56 Å². The molecule has 1 aromatic rings. The summed E-state index contributed by atoms with van der Waals surface area (Å²) in [5, 5.41) is 9.08. The van der Waals surface area contributed by atoms with Crippen LogP contribution in [0.5, 0.6) is 0 Å². The van der Waals surface area contributed by atoms with Crippen LogP contribution < -0.4 is 0 Å². The molecule has 1 amide bonds. The number of likely N-dealkylation sites (tertiary alicyclic amines) is 2. The third-order valence-corrected chi connectivity index (χ3v) is 4.73. The number of carboxylic acid groups (broad SMARTS) is 1. The van der Waals surface area contributed by atoms with E-state index in [4.69, 9.17) is 5.11 Å². The smallest absolute Gasteiger partial charge is 0.308 e. The Bertz CT molecular complexity index is 546. The standard InChI is InChI=1S/C17H22N2O3/c20-16(19-10-8-14(12-19)17(21)22)15-7-4-9-18(15)11-13-5-2-1-3-6-13/h1-3,5-6,14-15H,4,7-12H2,(H,21,22)/t14-,15+/m0/s1. The average molecular weight is 302 g/mol. The number of nitrogens with zero attached hydrogens (tertiary/aromatic N) is 2. The van der Waals surface area contributed by atoms with E-state index in [1.807, 2.05) is 18.2 Å². The van der Waals surface area contributed by atoms with Gasteiger partial charge in [-0.25, -0.2) is 0 Å². The normalized spacial score (nSPS) is 25.5. The lowest BCUT2D eigenvalue weighted by atomic mass is 10.1. The molecule has 3 rings (SSSR count). The Kier molecular flexibility index (Phi) is 4.43. The van der Waals surface area contributed by atoms with Crippen LogP contribution >= 0.6 is 0 Å². The number of benzene rings is 1. The molecule has 1 aromatic carbocycles. The van der Waals surface area contributed by atoms with E-state index in [0.717, 1.165) is 25.9 Å². The number of amides is 1. The summed E-state index contributed by atoms with van der Waals surface area (Å²) in [5.41, 5.74) is 1.21. The van der Waals surface area contributed by atoms with Gasteiger partial charge in [-0.1, -0.05) is 30.3 Å². The second kappa shape index (κ2) is 6.48. The fraction of sp³-hybridized carbons (Fsp3) is 0.529. The third kappa shape index (κ3) is 3.14. The van der Waals surface area contributed by atoms with Crippen molar-refractivity contribution in [3.8, 4) is 0 Å². The number of carboxylic acids is 1. The van der Waals surface area contributed by atoms with E-state index in [1.54, 1.807) is 4.90 Å². The molecule has 0 aromatic heterocycles. The molecule has 0 radical (unpaired) electrons. The number of aliphatic carboxylic acids is 1. The zero-order valence-corrected chi connectivity index (χ0v) is 12.6. The predicted molar refractivity (Wildman–Crippen MR) is 82.2 cm³/mol. The number of rotatable bonds is 4. The summed E-state index contributed by atoms with van der Waals surface area (Å²) in [4.78, 5) is 27.7. The highest BCUT2D eigenvalue weighted by atomic mass is 16.4. The molecule has 0 aliphatic carbocycles. The van der Waals surface area contributed by atoms with Crippen LogP contribution in [0.2, 0.25) is 0 Å². The van der Waals surface area contributed by atoms with Crippen LogP contribution in [0.25, 0.3) is 0 Å². The van der Waals surface area contributed by atoms with Crippen LogP contribution in [0, 0.1) is 5.92 Å². The van der Waals surface area contributed by atoms with Gasteiger partial charge in [0.15, 0.2) is 0 Å². The molecule has 5 nitrogen and oxygen atoms in total. The zero-order valence-electron chi connectivity index (χ0n) is 12.6. The van der Waals surface area contributed by atoms with Gasteiger partial charge in [0.2, 0.25) is 5.91 Å². The molecule has 22 heavy (non-hydrogen) atoms. The molecule has 0 saturated carbocycles. The van der Waals surface area contributed by atoms with Gasteiger partial charge in [0.05, 0.1) is 12.0 Å². The lowest BCUT2D eigenvalue weighted by molar-refractivity contribution is -0.141. The predicted octanol–water partition coefficient (Wildman–Crippen LogP) is 1.58. The number of carbonyl (C=O) groups is 2. The van der Waals surface area contributed by atoms with Crippen LogP contribution in [0.15, 0.2) is 30.3 Å². The summed E-state index contributed by atoms with van der Waals surface area (Å²) < 4.78 is 0. The summed E-state index contributed by atoms with van der Waals surface area (Å²) in [6.45, 7) is 2.66. The third-order valence-electron chi connectivity index (χ3n) is 4.73. The molecule has 1 N–H and O–H groups in total. The van der Waals surface area contributed by atoms with Gasteiger partial charge >= 0.3 is 5.97 Å². The Morgan fingerprint density at radius 1 is 1.14 bits per heavy atom. The molecule has 2 aliphatic rings. The molecule has 0 spiro atoms. The first kappa shape index (κ1) is 15.0. The molecule has 2 fully saturated rings. The Balaban J connectivity index is 1.63. The van der Waals surface area contributed by atoms with Gasteiger partial charge in [-0.2, -0.15) is 0 Å². The Morgan fingerprint density at radius 3 is 2.59 bits per heavy atom. The minimum atomic E-state index is -0.789. The van der Waals surface area contributed by atoms with Crippen molar-refractivity contribution in [2.75, 3.05) is 19.6 Å². The molecular formula is C17H22N2O3. The maximum atomic E-state index is 12.7. The fourth-order valence-corrected chi connectivity index (χ4v) is 3.49. The summed E-state index contributed by atoms with van der Waals surface area (Å²) in [7, 11) is 0. The van der Waals surface area contributed by atoms with E-state index >= 15 is 0 Å². The number of carbonyl (C=O) groups excluding carboxylic acids is 1. The second-order valence-corrected chi connectivity index (χ2v) is 6.22. The quantitative estimate of drug-likeness (QED) is 0.917. The molecule has 118 valence electrons. The van der Waals surface area contributed by atoms with Gasteiger partial charge in [-0.15, -0.1) is 0 Å². The van der Waals surface area contributed by atoms with Crippen LogP contribution in [0.3, 0.4) is 0 Å². The van der Waals surface area contributed by atoms with E-state index in [-0.39, 0.29) is 11.9 Å². The molecule has 2 saturated heterocycles. The van der Waals surface area contributed by atoms with Crippen molar-refractivity contribution in [3.63, 3.8) is 0 Å². The molecule has 0 unspecified atom stereocenters. The van der Waals surface area contributed by atoms with Crippen molar-refractivity contribution in [2.24, 2.45) is 5.92 Å². The van der Waals surface area contributed by atoms with Crippen LogP contribution in [0.4, 0.5) is 0 Å². The largest absolute Gasteiger partial charge is 0.481 e. The zero-order chi connectivity index (χ0) is 15.5. The monoisotopic (exact) mass is 302 g/mol. The van der Waals surface area contributed by atoms with Gasteiger partial charge in [0.25, 0.3) is 0 Å². The van der Waals surface area contributed by atoms with Crippen molar-refractivity contribution in [3.05, 3.63) is 35.9 Å². The lowest BCUT2D eigenvalue weighted by Gasteiger charge is -2.27. The SMILES string of the molecule is O=C(O)[C@H]1CCN(C(=O)[C@H]2CCCN2Cc2ccccc2)C1. The van der Waals surface area contributed by atoms with Gasteiger partial charge in [0, 0.05) is 19.6 Å². The minimum Gasteiger partial charge on any atom is -0.481 e. The van der Waals surface area contributed by atoms with Crippen molar-refractivity contribution in [2.45, 2.75) is 31.8 Å². The Hall–Kier alpha value is -1.88. The minimum absolute atomic E-state index is 0.0900. The van der Waals surface area contributed by atoms with E-state index in [2.05, 4.69) is 17.0 Å². The highest BCUT2D eigenvalue weighted by molar-refractivity contribution is 5.83. The fourth-order valence-electron chi connectivity index (χ4n) is 3.49. The number of hydrogen-bond donors (Lipinski definition) is 1. The number of hydrogen-bond acceptors (Lipinski definition) is 3. The van der Waals surface area contributed by atoms with E-state index in [9.17, 15) is 9.59 Å². The Morgan fingerprint density at radius 2 is 1.91 bits per heavy atom. The first-order valence-corrected chi connectivity index (χ1v) is 7.94. The molecule has 0 bridgehead atoms. The van der Waals surface area contributed by atoms with Gasteiger partial charge < -0.3 is 10.0 Å². The molecule has 2 heterocycles. The van der Waals surface area contributed by atoms with Crippen molar-refractivity contribution >= 4 is 11.9 Å². The average Bonchev–Trinajstić information content (AvgIpc) is 3.17.